The smallest absolute Gasteiger partial charge is 0.142 e. The lowest BCUT2D eigenvalue weighted by molar-refractivity contribution is 0.230. The minimum absolute atomic E-state index is 0.585. The summed E-state index contributed by atoms with van der Waals surface area (Å²) in [6.45, 7) is 7.81. The van der Waals surface area contributed by atoms with Crippen molar-refractivity contribution >= 4 is 22.4 Å². The third-order valence-electron chi connectivity index (χ3n) is 3.33. The Morgan fingerprint density at radius 3 is 2.69 bits per heavy atom. The van der Waals surface area contributed by atoms with Gasteiger partial charge in [0.1, 0.15) is 10.8 Å². The monoisotopic (exact) mass is 240 g/mol. The molecule has 4 nitrogen and oxygen atoms in total. The number of rotatable bonds is 3. The van der Waals surface area contributed by atoms with Crippen LogP contribution in [0.1, 0.15) is 25.3 Å². The molecule has 1 fully saturated rings. The Balaban J connectivity index is 1.89. The van der Waals surface area contributed by atoms with Crippen LogP contribution in [0.2, 0.25) is 0 Å². The van der Waals surface area contributed by atoms with Gasteiger partial charge in [-0.25, -0.2) is 0 Å². The molecule has 0 bridgehead atoms. The fourth-order valence-electron chi connectivity index (χ4n) is 2.06. The van der Waals surface area contributed by atoms with E-state index in [1.54, 1.807) is 0 Å². The van der Waals surface area contributed by atoms with Crippen LogP contribution in [0.4, 0.5) is 10.8 Å². The SMILES string of the molecule is CCN1CCC(Nc2snc(N)c2C)CC1. The van der Waals surface area contributed by atoms with Crippen LogP contribution >= 0.6 is 11.5 Å². The average molecular weight is 240 g/mol. The second-order valence-electron chi connectivity index (χ2n) is 4.37. The molecule has 3 N–H and O–H groups in total. The van der Waals surface area contributed by atoms with Gasteiger partial charge in [0.2, 0.25) is 0 Å². The topological polar surface area (TPSA) is 54.2 Å². The maximum atomic E-state index is 5.74. The predicted octanol–water partition coefficient (Wildman–Crippen LogP) is 1.93. The molecule has 1 aromatic heterocycles. The van der Waals surface area contributed by atoms with Crippen LogP contribution in [0.25, 0.3) is 0 Å². The first-order chi connectivity index (χ1) is 7.70. The predicted molar refractivity (Wildman–Crippen MR) is 70.0 cm³/mol. The Kier molecular flexibility index (Phi) is 3.66. The van der Waals surface area contributed by atoms with Gasteiger partial charge in [-0.15, -0.1) is 0 Å². The molecule has 1 aliphatic heterocycles. The number of likely N-dealkylation sites (tertiary alicyclic amines) is 1. The van der Waals surface area contributed by atoms with E-state index in [9.17, 15) is 0 Å². The van der Waals surface area contributed by atoms with Crippen molar-refractivity contribution in [2.45, 2.75) is 32.7 Å². The molecule has 16 heavy (non-hydrogen) atoms. The fraction of sp³-hybridized carbons (Fsp3) is 0.727. The summed E-state index contributed by atoms with van der Waals surface area (Å²) >= 11 is 1.48. The van der Waals surface area contributed by atoms with Crippen LogP contribution in [0.15, 0.2) is 0 Å². The zero-order valence-electron chi connectivity index (χ0n) is 9.99. The molecule has 0 unspecified atom stereocenters. The highest BCUT2D eigenvalue weighted by atomic mass is 32.1. The van der Waals surface area contributed by atoms with Crippen LogP contribution in [0.5, 0.6) is 0 Å². The van der Waals surface area contributed by atoms with Crippen molar-refractivity contribution in [3.63, 3.8) is 0 Å². The van der Waals surface area contributed by atoms with E-state index in [1.165, 1.54) is 44.0 Å². The molecule has 0 spiro atoms. The van der Waals surface area contributed by atoms with Gasteiger partial charge in [0.25, 0.3) is 0 Å². The average Bonchev–Trinajstić information content (AvgIpc) is 2.62. The van der Waals surface area contributed by atoms with E-state index in [4.69, 9.17) is 5.73 Å². The highest BCUT2D eigenvalue weighted by Crippen LogP contribution is 2.27. The minimum Gasteiger partial charge on any atom is -0.383 e. The number of hydrogen-bond donors (Lipinski definition) is 2. The Hall–Kier alpha value is -0.810. The molecule has 0 radical (unpaired) electrons. The number of aromatic nitrogens is 1. The van der Waals surface area contributed by atoms with Crippen LogP contribution in [0.3, 0.4) is 0 Å². The summed E-state index contributed by atoms with van der Waals surface area (Å²) in [7, 11) is 0. The van der Waals surface area contributed by atoms with Crippen molar-refractivity contribution in [1.82, 2.24) is 9.27 Å². The maximum Gasteiger partial charge on any atom is 0.142 e. The Morgan fingerprint density at radius 2 is 2.19 bits per heavy atom. The number of nitrogens with one attached hydrogen (secondary N) is 1. The largest absolute Gasteiger partial charge is 0.383 e. The molecule has 2 rings (SSSR count). The Morgan fingerprint density at radius 1 is 1.50 bits per heavy atom. The zero-order valence-corrected chi connectivity index (χ0v) is 10.8. The summed E-state index contributed by atoms with van der Waals surface area (Å²) in [5, 5.41) is 4.71. The van der Waals surface area contributed by atoms with Gasteiger partial charge in [-0.2, -0.15) is 4.37 Å². The standard InChI is InChI=1S/C11H20N4S/c1-3-15-6-4-9(5-7-15)13-11-8(2)10(12)14-16-11/h9,13H,3-7H2,1-2H3,(H2,12,14). The van der Waals surface area contributed by atoms with E-state index in [-0.39, 0.29) is 0 Å². The molecule has 0 aromatic carbocycles. The van der Waals surface area contributed by atoms with E-state index >= 15 is 0 Å². The maximum absolute atomic E-state index is 5.74. The molecule has 1 saturated heterocycles. The van der Waals surface area contributed by atoms with Crippen LogP contribution in [0, 0.1) is 6.92 Å². The lowest BCUT2D eigenvalue weighted by atomic mass is 10.1. The quantitative estimate of drug-likeness (QED) is 0.847. The highest BCUT2D eigenvalue weighted by Gasteiger charge is 2.19. The molecule has 0 aliphatic carbocycles. The Labute approximate surface area is 101 Å². The van der Waals surface area contributed by atoms with Crippen LogP contribution in [-0.4, -0.2) is 34.9 Å². The summed E-state index contributed by atoms with van der Waals surface area (Å²) in [6.07, 6.45) is 2.43. The van der Waals surface area contributed by atoms with Crippen molar-refractivity contribution in [2.75, 3.05) is 30.7 Å². The molecule has 5 heteroatoms. The molecule has 0 atom stereocenters. The molecular formula is C11H20N4S. The first-order valence-electron chi connectivity index (χ1n) is 5.91. The summed E-state index contributed by atoms with van der Waals surface area (Å²) in [5.74, 6) is 0.665. The number of nitrogens with two attached hydrogens (primary N) is 1. The minimum atomic E-state index is 0.585. The van der Waals surface area contributed by atoms with Crippen molar-refractivity contribution in [1.29, 1.82) is 0 Å². The van der Waals surface area contributed by atoms with Gasteiger partial charge in [0.15, 0.2) is 0 Å². The summed E-state index contributed by atoms with van der Waals surface area (Å²) in [4.78, 5) is 2.49. The van der Waals surface area contributed by atoms with E-state index in [0.717, 1.165) is 10.6 Å². The number of piperidine rings is 1. The lowest BCUT2D eigenvalue weighted by Crippen LogP contribution is -2.38. The third-order valence-corrected chi connectivity index (χ3v) is 4.22. The van der Waals surface area contributed by atoms with Crippen LogP contribution < -0.4 is 11.1 Å². The highest BCUT2D eigenvalue weighted by molar-refractivity contribution is 7.10. The van der Waals surface area contributed by atoms with Crippen molar-refractivity contribution in [3.05, 3.63) is 5.56 Å². The van der Waals surface area contributed by atoms with Gasteiger partial charge >= 0.3 is 0 Å². The van der Waals surface area contributed by atoms with Crippen molar-refractivity contribution in [3.8, 4) is 0 Å². The number of nitrogens with zero attached hydrogens (tertiary/aromatic N) is 2. The Bertz CT molecular complexity index is 342. The normalized spacial score (nSPS) is 18.9. The van der Waals surface area contributed by atoms with Gasteiger partial charge in [0.05, 0.1) is 0 Å². The first kappa shape index (κ1) is 11.7. The van der Waals surface area contributed by atoms with Crippen molar-refractivity contribution < 1.29 is 0 Å². The molecule has 0 amide bonds. The van der Waals surface area contributed by atoms with Gasteiger partial charge in [-0.1, -0.05) is 6.92 Å². The lowest BCUT2D eigenvalue weighted by Gasteiger charge is -2.31. The first-order valence-corrected chi connectivity index (χ1v) is 6.68. The van der Waals surface area contributed by atoms with E-state index in [1.807, 2.05) is 6.92 Å². The molecule has 1 aliphatic rings. The molecule has 90 valence electrons. The van der Waals surface area contributed by atoms with Crippen molar-refractivity contribution in [2.24, 2.45) is 0 Å². The van der Waals surface area contributed by atoms with Gasteiger partial charge in [-0.05, 0) is 37.8 Å². The molecule has 2 heterocycles. The number of hydrogen-bond acceptors (Lipinski definition) is 5. The van der Waals surface area contributed by atoms with E-state index < -0.39 is 0 Å². The molecule has 0 saturated carbocycles. The number of nitrogen functional groups attached to an aromatic ring is 1. The second-order valence-corrected chi connectivity index (χ2v) is 5.15. The fourth-order valence-corrected chi connectivity index (χ4v) is 2.85. The zero-order chi connectivity index (χ0) is 11.5. The summed E-state index contributed by atoms with van der Waals surface area (Å²) in [5.41, 5.74) is 6.84. The van der Waals surface area contributed by atoms with Crippen LogP contribution in [-0.2, 0) is 0 Å². The van der Waals surface area contributed by atoms with Gasteiger partial charge < -0.3 is 16.0 Å². The number of anilines is 2. The van der Waals surface area contributed by atoms with E-state index in [2.05, 4.69) is 21.5 Å². The second kappa shape index (κ2) is 5.01. The third kappa shape index (κ3) is 2.47. The van der Waals surface area contributed by atoms with Gasteiger partial charge in [-0.3, -0.25) is 0 Å². The molecule has 1 aromatic rings. The summed E-state index contributed by atoms with van der Waals surface area (Å²) < 4.78 is 4.16. The van der Waals surface area contributed by atoms with E-state index in [0.29, 0.717) is 11.9 Å². The van der Waals surface area contributed by atoms with Gasteiger partial charge in [0, 0.05) is 24.7 Å². The summed E-state index contributed by atoms with van der Waals surface area (Å²) in [6, 6.07) is 0.585. The molecular weight excluding hydrogens is 220 g/mol.